The second kappa shape index (κ2) is 6.48. The third kappa shape index (κ3) is 3.11. The maximum atomic E-state index is 13.8. The molecule has 2 heterocycles. The molecule has 1 N–H and O–H groups in total. The molecule has 0 amide bonds. The molecule has 2 nitrogen and oxygen atoms in total. The highest BCUT2D eigenvalue weighted by Crippen LogP contribution is 2.50. The zero-order chi connectivity index (χ0) is 20.2. The molecule has 2 aliphatic heterocycles. The Hall–Kier alpha value is -3.07. The van der Waals surface area contributed by atoms with Gasteiger partial charge in [0.1, 0.15) is 17.3 Å². The van der Waals surface area contributed by atoms with Crippen LogP contribution >= 0.6 is 0 Å². The minimum Gasteiger partial charge on any atom is -0.456 e. The van der Waals surface area contributed by atoms with Crippen molar-refractivity contribution in [3.8, 4) is 16.9 Å². The molecule has 0 radical (unpaired) electrons. The van der Waals surface area contributed by atoms with Crippen LogP contribution in [0.4, 0.5) is 10.1 Å². The third-order valence-electron chi connectivity index (χ3n) is 5.82. The highest BCUT2D eigenvalue weighted by Gasteiger charge is 2.35. The number of fused-ring (bicyclic) bond motifs is 5. The lowest BCUT2D eigenvalue weighted by molar-refractivity contribution is 0.450. The predicted molar refractivity (Wildman–Crippen MR) is 118 cm³/mol. The minimum atomic E-state index is -0.248. The van der Waals surface area contributed by atoms with Gasteiger partial charge < -0.3 is 10.1 Å². The lowest BCUT2D eigenvalue weighted by atomic mass is 9.77. The summed E-state index contributed by atoms with van der Waals surface area (Å²) in [6.45, 7) is 6.75. The van der Waals surface area contributed by atoms with Gasteiger partial charge in [-0.1, -0.05) is 43.3 Å². The smallest absolute Gasteiger partial charge is 0.136 e. The first-order valence-electron chi connectivity index (χ1n) is 10.1. The monoisotopic (exact) mass is 385 g/mol. The van der Waals surface area contributed by atoms with Gasteiger partial charge in [-0.2, -0.15) is 0 Å². The van der Waals surface area contributed by atoms with Crippen molar-refractivity contribution in [2.75, 3.05) is 5.32 Å². The molecule has 29 heavy (non-hydrogen) atoms. The largest absolute Gasteiger partial charge is 0.456 e. The van der Waals surface area contributed by atoms with Crippen molar-refractivity contribution < 1.29 is 9.13 Å². The molecule has 2 aliphatic rings. The van der Waals surface area contributed by atoms with Crippen LogP contribution in [0, 0.1) is 5.82 Å². The molecule has 0 bridgehead atoms. The second-order valence-electron chi connectivity index (χ2n) is 8.73. The van der Waals surface area contributed by atoms with Crippen molar-refractivity contribution in [2.45, 2.75) is 38.6 Å². The molecular weight excluding hydrogens is 361 g/mol. The van der Waals surface area contributed by atoms with Crippen LogP contribution in [-0.4, -0.2) is 5.54 Å². The van der Waals surface area contributed by atoms with E-state index < -0.39 is 0 Å². The van der Waals surface area contributed by atoms with Crippen LogP contribution in [0.5, 0.6) is 5.75 Å². The Balaban J connectivity index is 1.77. The second-order valence-corrected chi connectivity index (χ2v) is 8.73. The highest BCUT2D eigenvalue weighted by molar-refractivity contribution is 5.95. The number of hydrogen-bond acceptors (Lipinski definition) is 2. The van der Waals surface area contributed by atoms with Gasteiger partial charge in [-0.05, 0) is 73.2 Å². The Morgan fingerprint density at radius 3 is 2.69 bits per heavy atom. The Morgan fingerprint density at radius 2 is 1.86 bits per heavy atom. The first kappa shape index (κ1) is 18.0. The van der Waals surface area contributed by atoms with Gasteiger partial charge in [-0.25, -0.2) is 4.39 Å². The standard InChI is InChI=1S/C26H24FNO/c1-16-15-26(2,3)28-21-12-11-20-19-9-4-5-10-22(19)29-23(25(20)24(16)21)14-17-7-6-8-18(27)13-17/h4-14,16,28H,15H2,1-3H3/b23-14-/t16-/m0/s1. The molecular formula is C26H24FNO. The number of para-hydroxylation sites is 1. The zero-order valence-corrected chi connectivity index (χ0v) is 16.9. The van der Waals surface area contributed by atoms with Gasteiger partial charge in [0.2, 0.25) is 0 Å². The first-order chi connectivity index (χ1) is 13.9. The van der Waals surface area contributed by atoms with Gasteiger partial charge in [0, 0.05) is 22.4 Å². The topological polar surface area (TPSA) is 21.3 Å². The summed E-state index contributed by atoms with van der Waals surface area (Å²) in [6, 6.07) is 19.1. The molecule has 0 fully saturated rings. The maximum Gasteiger partial charge on any atom is 0.136 e. The quantitative estimate of drug-likeness (QED) is 0.483. The van der Waals surface area contributed by atoms with Gasteiger partial charge >= 0.3 is 0 Å². The summed E-state index contributed by atoms with van der Waals surface area (Å²) in [7, 11) is 0. The number of rotatable bonds is 1. The number of hydrogen-bond donors (Lipinski definition) is 1. The molecule has 0 aliphatic carbocycles. The Labute approximate surface area is 171 Å². The van der Waals surface area contributed by atoms with Crippen LogP contribution in [0.1, 0.15) is 49.8 Å². The normalized spacial score (nSPS) is 20.1. The van der Waals surface area contributed by atoms with Crippen molar-refractivity contribution in [3.05, 3.63) is 83.2 Å². The van der Waals surface area contributed by atoms with E-state index in [-0.39, 0.29) is 11.4 Å². The average molecular weight is 385 g/mol. The number of benzene rings is 3. The van der Waals surface area contributed by atoms with E-state index in [9.17, 15) is 4.39 Å². The first-order valence-corrected chi connectivity index (χ1v) is 10.1. The summed E-state index contributed by atoms with van der Waals surface area (Å²) in [5.74, 6) is 1.73. The number of nitrogens with one attached hydrogen (secondary N) is 1. The Bertz CT molecular complexity index is 1150. The summed E-state index contributed by atoms with van der Waals surface area (Å²) in [6.07, 6.45) is 2.98. The van der Waals surface area contributed by atoms with Crippen LogP contribution in [0.15, 0.2) is 60.7 Å². The van der Waals surface area contributed by atoms with Gasteiger partial charge in [0.05, 0.1) is 0 Å². The summed E-state index contributed by atoms with van der Waals surface area (Å²) < 4.78 is 20.2. The molecule has 5 rings (SSSR count). The molecule has 0 saturated heterocycles. The van der Waals surface area contributed by atoms with Crippen molar-refractivity contribution in [2.24, 2.45) is 0 Å². The van der Waals surface area contributed by atoms with E-state index in [1.165, 1.54) is 23.3 Å². The van der Waals surface area contributed by atoms with E-state index in [4.69, 9.17) is 4.74 Å². The van der Waals surface area contributed by atoms with Crippen molar-refractivity contribution in [1.82, 2.24) is 0 Å². The Morgan fingerprint density at radius 1 is 1.03 bits per heavy atom. The summed E-state index contributed by atoms with van der Waals surface area (Å²) in [5, 5.41) is 3.69. The fourth-order valence-corrected chi connectivity index (χ4v) is 4.81. The van der Waals surface area contributed by atoms with Gasteiger partial charge in [-0.3, -0.25) is 0 Å². The van der Waals surface area contributed by atoms with E-state index in [0.29, 0.717) is 5.92 Å². The fourth-order valence-electron chi connectivity index (χ4n) is 4.81. The van der Waals surface area contributed by atoms with Gasteiger partial charge in [0.25, 0.3) is 0 Å². The summed E-state index contributed by atoms with van der Waals surface area (Å²) >= 11 is 0. The number of anilines is 1. The fraction of sp³-hybridized carbons (Fsp3) is 0.231. The molecule has 146 valence electrons. The molecule has 0 saturated carbocycles. The Kier molecular flexibility index (Phi) is 4.02. The van der Waals surface area contributed by atoms with Crippen LogP contribution in [0.3, 0.4) is 0 Å². The lowest BCUT2D eigenvalue weighted by Crippen LogP contribution is -2.37. The van der Waals surface area contributed by atoms with E-state index >= 15 is 0 Å². The molecule has 1 atom stereocenters. The maximum absolute atomic E-state index is 13.8. The van der Waals surface area contributed by atoms with Crippen molar-refractivity contribution in [3.63, 3.8) is 0 Å². The average Bonchev–Trinajstić information content (AvgIpc) is 2.66. The van der Waals surface area contributed by atoms with Crippen LogP contribution in [0.25, 0.3) is 23.0 Å². The minimum absolute atomic E-state index is 0.0422. The van der Waals surface area contributed by atoms with Gasteiger partial charge in [-0.15, -0.1) is 0 Å². The molecule has 3 heteroatoms. The van der Waals surface area contributed by atoms with E-state index in [0.717, 1.165) is 40.3 Å². The van der Waals surface area contributed by atoms with Gasteiger partial charge in [0.15, 0.2) is 0 Å². The predicted octanol–water partition coefficient (Wildman–Crippen LogP) is 7.08. The molecule has 0 spiro atoms. The van der Waals surface area contributed by atoms with E-state index in [2.05, 4.69) is 44.3 Å². The molecule has 0 aromatic heterocycles. The van der Waals surface area contributed by atoms with Crippen LogP contribution < -0.4 is 10.1 Å². The third-order valence-corrected chi connectivity index (χ3v) is 5.82. The SMILES string of the molecule is C[C@H]1CC(C)(C)Nc2ccc3c(c21)/C(=C/c1cccc(F)c1)Oc1ccccc1-3. The number of halogens is 1. The molecule has 3 aromatic rings. The summed E-state index contributed by atoms with van der Waals surface area (Å²) in [5.41, 5.74) is 6.64. The zero-order valence-electron chi connectivity index (χ0n) is 16.9. The van der Waals surface area contributed by atoms with Crippen molar-refractivity contribution in [1.29, 1.82) is 0 Å². The van der Waals surface area contributed by atoms with Crippen LogP contribution in [0.2, 0.25) is 0 Å². The highest BCUT2D eigenvalue weighted by atomic mass is 19.1. The molecule has 0 unspecified atom stereocenters. The lowest BCUT2D eigenvalue weighted by Gasteiger charge is -2.40. The summed E-state index contributed by atoms with van der Waals surface area (Å²) in [4.78, 5) is 0. The number of ether oxygens (including phenoxy) is 1. The molecule has 3 aromatic carbocycles. The van der Waals surface area contributed by atoms with E-state index in [1.54, 1.807) is 6.07 Å². The van der Waals surface area contributed by atoms with Crippen LogP contribution in [-0.2, 0) is 0 Å². The van der Waals surface area contributed by atoms with E-state index in [1.807, 2.05) is 30.3 Å². The van der Waals surface area contributed by atoms with Crippen molar-refractivity contribution >= 4 is 17.5 Å².